The van der Waals surface area contributed by atoms with Crippen molar-refractivity contribution in [1.82, 2.24) is 14.9 Å². The number of carbonyl (C=O) groups excluding carboxylic acids is 1. The number of unbranched alkanes of at least 4 members (excludes halogenated alkanes) is 3. The maximum Gasteiger partial charge on any atom is 0.328 e. The molecule has 7 nitrogen and oxygen atoms in total. The minimum Gasteiger partial charge on any atom is -0.353 e. The van der Waals surface area contributed by atoms with Crippen molar-refractivity contribution < 1.29 is 4.79 Å². The molecule has 0 spiro atoms. The zero-order chi connectivity index (χ0) is 18.2. The van der Waals surface area contributed by atoms with Gasteiger partial charge in [-0.05, 0) is 46.2 Å². The van der Waals surface area contributed by atoms with Crippen molar-refractivity contribution in [3.63, 3.8) is 0 Å². The van der Waals surface area contributed by atoms with Crippen LogP contribution in [0.1, 0.15) is 52.0 Å². The highest BCUT2D eigenvalue weighted by Gasteiger charge is 2.15. The maximum atomic E-state index is 11.8. The van der Waals surface area contributed by atoms with Gasteiger partial charge in [0.2, 0.25) is 5.91 Å². The standard InChI is InChI=1S/C17H28N4O3/c1-17(2,3)21-12-13(15(23)20-16(21)24)8-9-14(22)19-11-7-5-4-6-10-18/h8-9,12H,4-7,10-11,18H2,1-3H3,(H,19,22)(H,20,23,24)/b9-8+. The van der Waals surface area contributed by atoms with E-state index in [9.17, 15) is 14.4 Å². The van der Waals surface area contributed by atoms with Crippen LogP contribution in [0.15, 0.2) is 21.9 Å². The van der Waals surface area contributed by atoms with Crippen molar-refractivity contribution >= 4 is 12.0 Å². The van der Waals surface area contributed by atoms with Crippen LogP contribution in [0.5, 0.6) is 0 Å². The summed E-state index contributed by atoms with van der Waals surface area (Å²) in [5.41, 5.74) is 4.25. The van der Waals surface area contributed by atoms with Crippen molar-refractivity contribution in [2.24, 2.45) is 5.73 Å². The third-order valence-electron chi connectivity index (χ3n) is 3.54. The predicted molar refractivity (Wildman–Crippen MR) is 95.9 cm³/mol. The Hall–Kier alpha value is -2.15. The van der Waals surface area contributed by atoms with Crippen LogP contribution in [-0.2, 0) is 10.3 Å². The number of hydrogen-bond donors (Lipinski definition) is 3. The van der Waals surface area contributed by atoms with E-state index in [-0.39, 0.29) is 11.5 Å². The summed E-state index contributed by atoms with van der Waals surface area (Å²) in [5, 5.41) is 2.77. The van der Waals surface area contributed by atoms with E-state index >= 15 is 0 Å². The Morgan fingerprint density at radius 3 is 2.54 bits per heavy atom. The van der Waals surface area contributed by atoms with Crippen molar-refractivity contribution in [2.45, 2.75) is 52.0 Å². The van der Waals surface area contributed by atoms with E-state index in [0.29, 0.717) is 13.1 Å². The average Bonchev–Trinajstić information content (AvgIpc) is 2.48. The van der Waals surface area contributed by atoms with Crippen LogP contribution >= 0.6 is 0 Å². The summed E-state index contributed by atoms with van der Waals surface area (Å²) in [6.07, 6.45) is 8.18. The lowest BCUT2D eigenvalue weighted by Gasteiger charge is -2.21. The molecule has 0 radical (unpaired) electrons. The van der Waals surface area contributed by atoms with Crippen molar-refractivity contribution in [3.8, 4) is 0 Å². The smallest absolute Gasteiger partial charge is 0.328 e. The molecule has 0 aromatic carbocycles. The SMILES string of the molecule is CC(C)(C)n1cc(/C=C/C(=O)NCCCCCCN)c(=O)[nH]c1=O. The number of nitrogens with two attached hydrogens (primary N) is 1. The molecule has 24 heavy (non-hydrogen) atoms. The number of H-pyrrole nitrogens is 1. The largest absolute Gasteiger partial charge is 0.353 e. The molecule has 1 rings (SSSR count). The van der Waals surface area contributed by atoms with E-state index in [1.54, 1.807) is 0 Å². The molecular weight excluding hydrogens is 308 g/mol. The van der Waals surface area contributed by atoms with Crippen LogP contribution in [0.25, 0.3) is 6.08 Å². The highest BCUT2D eigenvalue weighted by molar-refractivity contribution is 5.91. The minimum absolute atomic E-state index is 0.262. The molecule has 0 saturated heterocycles. The van der Waals surface area contributed by atoms with Gasteiger partial charge in [-0.15, -0.1) is 0 Å². The lowest BCUT2D eigenvalue weighted by atomic mass is 10.1. The molecule has 0 aliphatic heterocycles. The summed E-state index contributed by atoms with van der Waals surface area (Å²) in [6.45, 7) is 6.86. The summed E-state index contributed by atoms with van der Waals surface area (Å²) in [4.78, 5) is 37.7. The highest BCUT2D eigenvalue weighted by atomic mass is 16.2. The maximum absolute atomic E-state index is 11.8. The second-order valence-corrected chi connectivity index (χ2v) is 6.71. The molecule has 0 unspecified atom stereocenters. The van der Waals surface area contributed by atoms with Crippen molar-refractivity contribution in [3.05, 3.63) is 38.7 Å². The molecule has 4 N–H and O–H groups in total. The van der Waals surface area contributed by atoms with Gasteiger partial charge in [-0.25, -0.2) is 4.79 Å². The molecule has 0 bridgehead atoms. The molecule has 0 fully saturated rings. The molecule has 1 amide bonds. The monoisotopic (exact) mass is 336 g/mol. The second kappa shape index (κ2) is 9.22. The Bertz CT molecular complexity index is 680. The summed E-state index contributed by atoms with van der Waals surface area (Å²) >= 11 is 0. The van der Waals surface area contributed by atoms with Crippen LogP contribution in [0.3, 0.4) is 0 Å². The van der Waals surface area contributed by atoms with Crippen LogP contribution in [0.4, 0.5) is 0 Å². The number of hydrogen-bond acceptors (Lipinski definition) is 4. The van der Waals surface area contributed by atoms with E-state index in [0.717, 1.165) is 25.7 Å². The number of amides is 1. The van der Waals surface area contributed by atoms with Gasteiger partial charge in [0.15, 0.2) is 0 Å². The Balaban J connectivity index is 2.65. The molecule has 1 heterocycles. The van der Waals surface area contributed by atoms with E-state index in [4.69, 9.17) is 5.73 Å². The zero-order valence-electron chi connectivity index (χ0n) is 14.7. The van der Waals surface area contributed by atoms with E-state index in [2.05, 4.69) is 10.3 Å². The zero-order valence-corrected chi connectivity index (χ0v) is 14.7. The number of aromatic nitrogens is 2. The molecule has 0 saturated carbocycles. The molecule has 134 valence electrons. The number of carbonyl (C=O) groups is 1. The van der Waals surface area contributed by atoms with Gasteiger partial charge >= 0.3 is 5.69 Å². The van der Waals surface area contributed by atoms with Crippen molar-refractivity contribution in [1.29, 1.82) is 0 Å². The van der Waals surface area contributed by atoms with Gasteiger partial charge in [-0.1, -0.05) is 12.8 Å². The highest BCUT2D eigenvalue weighted by Crippen LogP contribution is 2.10. The average molecular weight is 336 g/mol. The van der Waals surface area contributed by atoms with Gasteiger partial charge in [0.05, 0.1) is 5.56 Å². The third kappa shape index (κ3) is 6.54. The Kier molecular flexibility index (Phi) is 7.64. The van der Waals surface area contributed by atoms with Crippen molar-refractivity contribution in [2.75, 3.05) is 13.1 Å². The Morgan fingerprint density at radius 2 is 1.92 bits per heavy atom. The summed E-state index contributed by atoms with van der Waals surface area (Å²) < 4.78 is 1.43. The number of nitrogens with zero attached hydrogens (tertiary/aromatic N) is 1. The number of aromatic amines is 1. The van der Waals surface area contributed by atoms with Crippen LogP contribution in [-0.4, -0.2) is 28.5 Å². The first-order valence-electron chi connectivity index (χ1n) is 8.28. The fourth-order valence-corrected chi connectivity index (χ4v) is 2.16. The first kappa shape index (κ1) is 19.9. The third-order valence-corrected chi connectivity index (χ3v) is 3.54. The van der Waals surface area contributed by atoms with Gasteiger partial charge in [0.25, 0.3) is 5.56 Å². The van der Waals surface area contributed by atoms with Gasteiger partial charge in [-0.2, -0.15) is 0 Å². The van der Waals surface area contributed by atoms with Gasteiger partial charge in [0, 0.05) is 24.4 Å². The van der Waals surface area contributed by atoms with Gasteiger partial charge < -0.3 is 11.1 Å². The molecule has 0 aliphatic carbocycles. The second-order valence-electron chi connectivity index (χ2n) is 6.71. The Labute approximate surface area is 142 Å². The minimum atomic E-state index is -0.508. The Morgan fingerprint density at radius 1 is 1.25 bits per heavy atom. The van der Waals surface area contributed by atoms with E-state index in [1.165, 1.54) is 22.9 Å². The molecule has 1 aromatic heterocycles. The molecule has 7 heteroatoms. The number of rotatable bonds is 8. The van der Waals surface area contributed by atoms with Crippen LogP contribution in [0.2, 0.25) is 0 Å². The fraction of sp³-hybridized carbons (Fsp3) is 0.588. The lowest BCUT2D eigenvalue weighted by molar-refractivity contribution is -0.116. The first-order valence-corrected chi connectivity index (χ1v) is 8.28. The summed E-state index contributed by atoms with van der Waals surface area (Å²) in [5.74, 6) is -0.262. The molecular formula is C17H28N4O3. The van der Waals surface area contributed by atoms with Gasteiger partial charge in [-0.3, -0.25) is 19.1 Å². The van der Waals surface area contributed by atoms with E-state index < -0.39 is 16.8 Å². The normalized spacial score (nSPS) is 11.8. The predicted octanol–water partition coefficient (Wildman–Crippen LogP) is 0.940. The lowest BCUT2D eigenvalue weighted by Crippen LogP contribution is -2.39. The van der Waals surface area contributed by atoms with E-state index in [1.807, 2.05) is 20.8 Å². The molecule has 1 aromatic rings. The number of nitrogens with one attached hydrogen (secondary N) is 2. The quantitative estimate of drug-likeness (QED) is 0.485. The van der Waals surface area contributed by atoms with Gasteiger partial charge in [0.1, 0.15) is 0 Å². The summed E-state index contributed by atoms with van der Waals surface area (Å²) in [6, 6.07) is 0. The first-order chi connectivity index (χ1) is 11.3. The molecule has 0 aliphatic rings. The van der Waals surface area contributed by atoms with Crippen LogP contribution in [0, 0.1) is 0 Å². The molecule has 0 atom stereocenters. The topological polar surface area (TPSA) is 110 Å². The van der Waals surface area contributed by atoms with Crippen LogP contribution < -0.4 is 22.3 Å². The summed E-state index contributed by atoms with van der Waals surface area (Å²) in [7, 11) is 0. The fourth-order valence-electron chi connectivity index (χ4n) is 2.16.